The Kier molecular flexibility index (Phi) is 7.74. The molecule has 0 aliphatic heterocycles. The molecule has 3 N–H and O–H groups in total. The van der Waals surface area contributed by atoms with Gasteiger partial charge in [0.25, 0.3) is 0 Å². The van der Waals surface area contributed by atoms with Crippen LogP contribution in [0, 0.1) is 5.92 Å². The highest BCUT2D eigenvalue weighted by Gasteiger charge is 2.22. The highest BCUT2D eigenvalue weighted by molar-refractivity contribution is 5.86. The van der Waals surface area contributed by atoms with Gasteiger partial charge in [0.05, 0.1) is 0 Å². The van der Waals surface area contributed by atoms with E-state index in [1.54, 1.807) is 0 Å². The van der Waals surface area contributed by atoms with Gasteiger partial charge in [-0.15, -0.1) is 0 Å². The van der Waals surface area contributed by atoms with Crippen LogP contribution in [0.5, 0.6) is 0 Å². The molecule has 0 radical (unpaired) electrons. The van der Waals surface area contributed by atoms with Crippen LogP contribution in [0.3, 0.4) is 0 Å². The minimum atomic E-state index is -0.834. The lowest BCUT2D eigenvalue weighted by atomic mass is 10.0. The van der Waals surface area contributed by atoms with Crippen LogP contribution in [0.4, 0.5) is 0 Å². The summed E-state index contributed by atoms with van der Waals surface area (Å²) in [5.74, 6) is -1.29. The lowest BCUT2D eigenvalue weighted by Crippen LogP contribution is -2.49. The summed E-state index contributed by atoms with van der Waals surface area (Å²) in [5, 5.41) is 13.7. The first kappa shape index (κ1) is 16.4. The summed E-state index contributed by atoms with van der Waals surface area (Å²) in [4.78, 5) is 33.0. The van der Waals surface area contributed by atoms with E-state index < -0.39 is 12.0 Å². The SMILES string of the molecule is CC(=O)NC(C(=O)NCCCCC(=O)O)C(C)C. The van der Waals surface area contributed by atoms with E-state index in [1.807, 2.05) is 13.8 Å². The number of carbonyl (C=O) groups excluding carboxylic acids is 2. The van der Waals surface area contributed by atoms with Crippen molar-refractivity contribution in [1.29, 1.82) is 0 Å². The maximum Gasteiger partial charge on any atom is 0.303 e. The van der Waals surface area contributed by atoms with E-state index in [2.05, 4.69) is 10.6 Å². The monoisotopic (exact) mass is 258 g/mol. The average molecular weight is 258 g/mol. The van der Waals surface area contributed by atoms with Gasteiger partial charge < -0.3 is 15.7 Å². The van der Waals surface area contributed by atoms with E-state index in [9.17, 15) is 14.4 Å². The van der Waals surface area contributed by atoms with E-state index >= 15 is 0 Å². The molecule has 18 heavy (non-hydrogen) atoms. The second-order valence-electron chi connectivity index (χ2n) is 4.56. The number of carbonyl (C=O) groups is 3. The average Bonchev–Trinajstić information content (AvgIpc) is 2.24. The van der Waals surface area contributed by atoms with Gasteiger partial charge in [0, 0.05) is 19.9 Å². The number of amides is 2. The first-order chi connectivity index (χ1) is 8.34. The van der Waals surface area contributed by atoms with Crippen LogP contribution in [0.25, 0.3) is 0 Å². The zero-order chi connectivity index (χ0) is 14.1. The predicted octanol–water partition coefficient (Wildman–Crippen LogP) is 0.518. The standard InChI is InChI=1S/C12H22N2O4/c1-8(2)11(14-9(3)15)12(18)13-7-5-4-6-10(16)17/h8,11H,4-7H2,1-3H3,(H,13,18)(H,14,15)(H,16,17). The van der Waals surface area contributed by atoms with Crippen molar-refractivity contribution in [3.8, 4) is 0 Å². The molecule has 0 aliphatic rings. The molecule has 0 heterocycles. The Morgan fingerprint density at radius 3 is 2.22 bits per heavy atom. The Morgan fingerprint density at radius 1 is 1.17 bits per heavy atom. The molecular weight excluding hydrogens is 236 g/mol. The number of carboxylic acids is 1. The van der Waals surface area contributed by atoms with Crippen LogP contribution in [-0.4, -0.2) is 35.5 Å². The van der Waals surface area contributed by atoms with Gasteiger partial charge in [-0.3, -0.25) is 14.4 Å². The normalized spacial score (nSPS) is 12.0. The largest absolute Gasteiger partial charge is 0.481 e. The third kappa shape index (κ3) is 7.65. The molecule has 0 rings (SSSR count). The fraction of sp³-hybridized carbons (Fsp3) is 0.750. The number of unbranched alkanes of at least 4 members (excludes halogenated alkanes) is 1. The molecular formula is C12H22N2O4. The predicted molar refractivity (Wildman–Crippen MR) is 66.9 cm³/mol. The molecule has 0 bridgehead atoms. The maximum atomic E-state index is 11.8. The summed E-state index contributed by atoms with van der Waals surface area (Å²) >= 11 is 0. The molecule has 1 atom stereocenters. The van der Waals surface area contributed by atoms with Gasteiger partial charge in [-0.2, -0.15) is 0 Å². The summed E-state index contributed by atoms with van der Waals surface area (Å²) in [6.45, 7) is 5.50. The summed E-state index contributed by atoms with van der Waals surface area (Å²) in [7, 11) is 0. The van der Waals surface area contributed by atoms with Gasteiger partial charge >= 0.3 is 5.97 Å². The number of hydrogen-bond acceptors (Lipinski definition) is 3. The summed E-state index contributed by atoms with van der Waals surface area (Å²) in [6, 6.07) is -0.540. The van der Waals surface area contributed by atoms with Crippen molar-refractivity contribution in [3.63, 3.8) is 0 Å². The summed E-state index contributed by atoms with van der Waals surface area (Å²) < 4.78 is 0. The molecule has 104 valence electrons. The van der Waals surface area contributed by atoms with E-state index in [0.29, 0.717) is 19.4 Å². The first-order valence-electron chi connectivity index (χ1n) is 6.11. The molecule has 0 spiro atoms. The molecule has 6 heteroatoms. The van der Waals surface area contributed by atoms with E-state index in [4.69, 9.17) is 5.11 Å². The number of carboxylic acid groups (broad SMARTS) is 1. The third-order valence-electron chi connectivity index (χ3n) is 2.42. The summed E-state index contributed by atoms with van der Waals surface area (Å²) in [5.41, 5.74) is 0. The summed E-state index contributed by atoms with van der Waals surface area (Å²) in [6.07, 6.45) is 1.25. The Labute approximate surface area is 107 Å². The van der Waals surface area contributed by atoms with E-state index in [1.165, 1.54) is 6.92 Å². The van der Waals surface area contributed by atoms with Crippen molar-refractivity contribution in [3.05, 3.63) is 0 Å². The molecule has 0 saturated carbocycles. The minimum Gasteiger partial charge on any atom is -0.481 e. The van der Waals surface area contributed by atoms with Gasteiger partial charge in [0.2, 0.25) is 11.8 Å². The molecule has 0 fully saturated rings. The first-order valence-corrected chi connectivity index (χ1v) is 6.11. The van der Waals surface area contributed by atoms with Crippen LogP contribution in [0.1, 0.15) is 40.0 Å². The molecule has 0 aromatic rings. The Hall–Kier alpha value is -1.59. The maximum absolute atomic E-state index is 11.8. The van der Waals surface area contributed by atoms with Gasteiger partial charge in [-0.05, 0) is 18.8 Å². The number of nitrogens with one attached hydrogen (secondary N) is 2. The van der Waals surface area contributed by atoms with Crippen molar-refractivity contribution < 1.29 is 19.5 Å². The smallest absolute Gasteiger partial charge is 0.303 e. The molecule has 0 aromatic carbocycles. The van der Waals surface area contributed by atoms with Crippen LogP contribution in [0.2, 0.25) is 0 Å². The Bertz CT molecular complexity index is 302. The molecule has 0 aromatic heterocycles. The van der Waals surface area contributed by atoms with Crippen LogP contribution < -0.4 is 10.6 Å². The van der Waals surface area contributed by atoms with Crippen molar-refractivity contribution in [1.82, 2.24) is 10.6 Å². The van der Waals surface area contributed by atoms with Crippen molar-refractivity contribution in [2.45, 2.75) is 46.1 Å². The lowest BCUT2D eigenvalue weighted by molar-refractivity contribution is -0.137. The molecule has 0 aliphatic carbocycles. The molecule has 2 amide bonds. The van der Waals surface area contributed by atoms with Crippen molar-refractivity contribution in [2.24, 2.45) is 5.92 Å². The Balaban J connectivity index is 3.96. The zero-order valence-electron chi connectivity index (χ0n) is 11.2. The Morgan fingerprint density at radius 2 is 1.78 bits per heavy atom. The quantitative estimate of drug-likeness (QED) is 0.553. The lowest BCUT2D eigenvalue weighted by Gasteiger charge is -2.20. The third-order valence-corrected chi connectivity index (χ3v) is 2.42. The van der Waals surface area contributed by atoms with Crippen LogP contribution >= 0.6 is 0 Å². The van der Waals surface area contributed by atoms with Crippen molar-refractivity contribution in [2.75, 3.05) is 6.54 Å². The van der Waals surface area contributed by atoms with Crippen molar-refractivity contribution >= 4 is 17.8 Å². The topological polar surface area (TPSA) is 95.5 Å². The number of hydrogen-bond donors (Lipinski definition) is 3. The minimum absolute atomic E-state index is 0.00733. The van der Waals surface area contributed by atoms with E-state index in [-0.39, 0.29) is 24.2 Å². The molecule has 0 saturated heterocycles. The fourth-order valence-corrected chi connectivity index (χ4v) is 1.48. The van der Waals surface area contributed by atoms with Gasteiger partial charge in [-0.1, -0.05) is 13.8 Å². The number of aliphatic carboxylic acids is 1. The van der Waals surface area contributed by atoms with Gasteiger partial charge in [0.1, 0.15) is 6.04 Å². The highest BCUT2D eigenvalue weighted by atomic mass is 16.4. The van der Waals surface area contributed by atoms with Crippen LogP contribution in [-0.2, 0) is 14.4 Å². The molecule has 6 nitrogen and oxygen atoms in total. The van der Waals surface area contributed by atoms with Gasteiger partial charge in [-0.25, -0.2) is 0 Å². The second kappa shape index (κ2) is 8.49. The zero-order valence-corrected chi connectivity index (χ0v) is 11.2. The highest BCUT2D eigenvalue weighted by Crippen LogP contribution is 2.02. The van der Waals surface area contributed by atoms with Crippen LogP contribution in [0.15, 0.2) is 0 Å². The molecule has 1 unspecified atom stereocenters. The number of rotatable bonds is 8. The van der Waals surface area contributed by atoms with Gasteiger partial charge in [0.15, 0.2) is 0 Å². The van der Waals surface area contributed by atoms with E-state index in [0.717, 1.165) is 0 Å². The second-order valence-corrected chi connectivity index (χ2v) is 4.56. The fourth-order valence-electron chi connectivity index (χ4n) is 1.48.